The Bertz CT molecular complexity index is 344. The summed E-state index contributed by atoms with van der Waals surface area (Å²) in [6.07, 6.45) is 2.31. The number of nitrogens with two attached hydrogens (primary N) is 1. The number of nitrogens with zero attached hydrogens (tertiary/aromatic N) is 1. The first-order chi connectivity index (χ1) is 7.60. The van der Waals surface area contributed by atoms with Crippen molar-refractivity contribution in [2.75, 3.05) is 23.7 Å². The Kier molecular flexibility index (Phi) is 5.13. The van der Waals surface area contributed by atoms with E-state index in [0.717, 1.165) is 41.7 Å². The van der Waals surface area contributed by atoms with Crippen molar-refractivity contribution in [2.24, 2.45) is 0 Å². The molecule has 0 fully saturated rings. The molecule has 90 valence electrons. The highest BCUT2D eigenvalue weighted by atomic mass is 79.9. The van der Waals surface area contributed by atoms with Gasteiger partial charge in [0.25, 0.3) is 0 Å². The number of benzene rings is 1. The number of aryl methyl sites for hydroxylation is 1. The first kappa shape index (κ1) is 13.4. The Morgan fingerprint density at radius 2 is 1.75 bits per heavy atom. The van der Waals surface area contributed by atoms with Gasteiger partial charge in [0.05, 0.1) is 5.69 Å². The molecule has 1 aromatic carbocycles. The van der Waals surface area contributed by atoms with Gasteiger partial charge in [0, 0.05) is 23.2 Å². The third-order valence-corrected chi connectivity index (χ3v) is 3.30. The second-order valence-electron chi connectivity index (χ2n) is 4.15. The SMILES string of the molecule is CCCN(CCC)c1cc(N)c(C)cc1Br. The Hall–Kier alpha value is -0.700. The van der Waals surface area contributed by atoms with Crippen LogP contribution in [-0.2, 0) is 0 Å². The van der Waals surface area contributed by atoms with Crippen molar-refractivity contribution >= 4 is 27.3 Å². The zero-order valence-corrected chi connectivity index (χ0v) is 12.0. The van der Waals surface area contributed by atoms with Crippen LogP contribution >= 0.6 is 15.9 Å². The molecule has 0 saturated carbocycles. The fourth-order valence-corrected chi connectivity index (χ4v) is 2.52. The van der Waals surface area contributed by atoms with Crippen LogP contribution < -0.4 is 10.6 Å². The summed E-state index contributed by atoms with van der Waals surface area (Å²) in [4.78, 5) is 2.39. The molecule has 0 aromatic heterocycles. The molecule has 0 radical (unpaired) electrons. The lowest BCUT2D eigenvalue weighted by Gasteiger charge is -2.25. The quantitative estimate of drug-likeness (QED) is 0.829. The number of halogens is 1. The predicted molar refractivity (Wildman–Crippen MR) is 76.1 cm³/mol. The van der Waals surface area contributed by atoms with E-state index in [9.17, 15) is 0 Å². The highest BCUT2D eigenvalue weighted by Gasteiger charge is 2.10. The van der Waals surface area contributed by atoms with E-state index in [1.54, 1.807) is 0 Å². The second kappa shape index (κ2) is 6.14. The van der Waals surface area contributed by atoms with E-state index in [1.165, 1.54) is 5.69 Å². The molecule has 0 spiro atoms. The van der Waals surface area contributed by atoms with Crippen LogP contribution in [0, 0.1) is 6.92 Å². The van der Waals surface area contributed by atoms with Gasteiger partial charge in [-0.3, -0.25) is 0 Å². The number of rotatable bonds is 5. The van der Waals surface area contributed by atoms with Gasteiger partial charge in [-0.2, -0.15) is 0 Å². The van der Waals surface area contributed by atoms with Gasteiger partial charge in [-0.1, -0.05) is 13.8 Å². The number of hydrogen-bond donors (Lipinski definition) is 1. The van der Waals surface area contributed by atoms with Crippen molar-refractivity contribution in [2.45, 2.75) is 33.6 Å². The van der Waals surface area contributed by atoms with Crippen molar-refractivity contribution in [3.8, 4) is 0 Å². The summed E-state index contributed by atoms with van der Waals surface area (Å²) in [6, 6.07) is 4.17. The zero-order chi connectivity index (χ0) is 12.1. The third kappa shape index (κ3) is 3.14. The largest absolute Gasteiger partial charge is 0.398 e. The van der Waals surface area contributed by atoms with E-state index in [4.69, 9.17) is 5.73 Å². The van der Waals surface area contributed by atoms with Crippen molar-refractivity contribution in [3.63, 3.8) is 0 Å². The fraction of sp³-hybridized carbons (Fsp3) is 0.538. The van der Waals surface area contributed by atoms with Crippen molar-refractivity contribution in [3.05, 3.63) is 22.2 Å². The van der Waals surface area contributed by atoms with Crippen LogP contribution in [0.2, 0.25) is 0 Å². The van der Waals surface area contributed by atoms with Gasteiger partial charge < -0.3 is 10.6 Å². The maximum atomic E-state index is 5.97. The number of hydrogen-bond acceptors (Lipinski definition) is 2. The van der Waals surface area contributed by atoms with E-state index in [2.05, 4.69) is 46.8 Å². The molecule has 0 aliphatic carbocycles. The Morgan fingerprint density at radius 3 is 2.25 bits per heavy atom. The average molecular weight is 285 g/mol. The lowest BCUT2D eigenvalue weighted by atomic mass is 10.1. The van der Waals surface area contributed by atoms with Crippen LogP contribution in [0.15, 0.2) is 16.6 Å². The van der Waals surface area contributed by atoms with E-state index < -0.39 is 0 Å². The van der Waals surface area contributed by atoms with Gasteiger partial charge >= 0.3 is 0 Å². The fourth-order valence-electron chi connectivity index (χ4n) is 1.81. The minimum absolute atomic E-state index is 0.871. The van der Waals surface area contributed by atoms with Crippen molar-refractivity contribution < 1.29 is 0 Å². The predicted octanol–water partition coefficient (Wildman–Crippen LogP) is 3.97. The molecule has 3 heteroatoms. The van der Waals surface area contributed by atoms with E-state index in [0.29, 0.717) is 0 Å². The van der Waals surface area contributed by atoms with E-state index in [1.807, 2.05) is 6.92 Å². The molecule has 0 unspecified atom stereocenters. The Balaban J connectivity index is 3.03. The molecular formula is C13H21BrN2. The first-order valence-corrected chi connectivity index (χ1v) is 6.70. The lowest BCUT2D eigenvalue weighted by molar-refractivity contribution is 0.743. The molecule has 0 heterocycles. The summed E-state index contributed by atoms with van der Waals surface area (Å²) in [5.74, 6) is 0. The normalized spacial score (nSPS) is 10.5. The molecule has 1 rings (SSSR count). The smallest absolute Gasteiger partial charge is 0.0531 e. The van der Waals surface area contributed by atoms with Crippen LogP contribution in [0.4, 0.5) is 11.4 Å². The van der Waals surface area contributed by atoms with Crippen LogP contribution in [-0.4, -0.2) is 13.1 Å². The van der Waals surface area contributed by atoms with Crippen LogP contribution in [0.25, 0.3) is 0 Å². The molecule has 0 saturated heterocycles. The minimum Gasteiger partial charge on any atom is -0.398 e. The summed E-state index contributed by atoms with van der Waals surface area (Å²) in [6.45, 7) is 8.60. The summed E-state index contributed by atoms with van der Waals surface area (Å²) in [7, 11) is 0. The lowest BCUT2D eigenvalue weighted by Crippen LogP contribution is -2.25. The molecule has 2 N–H and O–H groups in total. The highest BCUT2D eigenvalue weighted by molar-refractivity contribution is 9.10. The molecule has 16 heavy (non-hydrogen) atoms. The van der Waals surface area contributed by atoms with E-state index >= 15 is 0 Å². The van der Waals surface area contributed by atoms with Crippen molar-refractivity contribution in [1.82, 2.24) is 0 Å². The molecular weight excluding hydrogens is 264 g/mol. The standard InChI is InChI=1S/C13H21BrN2/c1-4-6-16(7-5-2)13-9-12(15)10(3)8-11(13)14/h8-9H,4-7,15H2,1-3H3. The highest BCUT2D eigenvalue weighted by Crippen LogP contribution is 2.31. The molecule has 1 aromatic rings. The Labute approximate surface area is 107 Å². The van der Waals surface area contributed by atoms with E-state index in [-0.39, 0.29) is 0 Å². The maximum Gasteiger partial charge on any atom is 0.0531 e. The summed E-state index contributed by atoms with van der Waals surface area (Å²) < 4.78 is 1.14. The molecule has 0 aliphatic heterocycles. The Morgan fingerprint density at radius 1 is 1.19 bits per heavy atom. The second-order valence-corrected chi connectivity index (χ2v) is 5.00. The summed E-state index contributed by atoms with van der Waals surface area (Å²) in [5, 5.41) is 0. The molecule has 0 bridgehead atoms. The van der Waals surface area contributed by atoms with Gasteiger partial charge in [0.1, 0.15) is 0 Å². The monoisotopic (exact) mass is 284 g/mol. The minimum atomic E-state index is 0.871. The first-order valence-electron chi connectivity index (χ1n) is 5.90. The average Bonchev–Trinajstić information content (AvgIpc) is 2.23. The van der Waals surface area contributed by atoms with Crippen LogP contribution in [0.1, 0.15) is 32.3 Å². The number of anilines is 2. The van der Waals surface area contributed by atoms with Crippen molar-refractivity contribution in [1.29, 1.82) is 0 Å². The van der Waals surface area contributed by atoms with Gasteiger partial charge in [0.15, 0.2) is 0 Å². The maximum absolute atomic E-state index is 5.97. The number of nitrogen functional groups attached to an aromatic ring is 1. The zero-order valence-electron chi connectivity index (χ0n) is 10.4. The molecule has 0 aliphatic rings. The molecule has 2 nitrogen and oxygen atoms in total. The molecule has 0 amide bonds. The van der Waals surface area contributed by atoms with Gasteiger partial charge in [-0.25, -0.2) is 0 Å². The van der Waals surface area contributed by atoms with Crippen LogP contribution in [0.3, 0.4) is 0 Å². The van der Waals surface area contributed by atoms with Gasteiger partial charge in [-0.15, -0.1) is 0 Å². The van der Waals surface area contributed by atoms with Gasteiger partial charge in [-0.05, 0) is 53.4 Å². The van der Waals surface area contributed by atoms with Gasteiger partial charge in [0.2, 0.25) is 0 Å². The third-order valence-electron chi connectivity index (χ3n) is 2.66. The summed E-state index contributed by atoms with van der Waals surface area (Å²) in [5.41, 5.74) is 9.19. The van der Waals surface area contributed by atoms with Crippen LogP contribution in [0.5, 0.6) is 0 Å². The summed E-state index contributed by atoms with van der Waals surface area (Å²) >= 11 is 3.62. The molecule has 0 atom stereocenters. The topological polar surface area (TPSA) is 29.3 Å².